The summed E-state index contributed by atoms with van der Waals surface area (Å²) in [6.07, 6.45) is -0.274. The Morgan fingerprint density at radius 3 is 2.19 bits per heavy atom. The minimum absolute atomic E-state index is 0.0753. The molecule has 2 aromatic rings. The normalized spacial score (nSPS) is 10.2. The average Bonchev–Trinajstić information content (AvgIpc) is 2.68. The van der Waals surface area contributed by atoms with Gasteiger partial charge in [-0.3, -0.25) is 4.79 Å². The molecule has 138 valence electrons. The van der Waals surface area contributed by atoms with Gasteiger partial charge in [0.2, 0.25) is 5.91 Å². The highest BCUT2D eigenvalue weighted by Crippen LogP contribution is 2.10. The summed E-state index contributed by atoms with van der Waals surface area (Å²) in [5.41, 5.74) is 2.20. The van der Waals surface area contributed by atoms with Crippen molar-refractivity contribution in [2.75, 3.05) is 18.8 Å². The van der Waals surface area contributed by atoms with Crippen molar-refractivity contribution in [1.82, 2.24) is 10.6 Å². The molecule has 0 saturated heterocycles. The molecule has 6 heteroatoms. The Hall–Kier alpha value is -2.47. The van der Waals surface area contributed by atoms with Crippen molar-refractivity contribution in [1.29, 1.82) is 0 Å². The highest BCUT2D eigenvalue weighted by atomic mass is 32.2. The first kappa shape index (κ1) is 19.8. The Morgan fingerprint density at radius 2 is 1.50 bits per heavy atom. The number of alkyl carbamates (subject to hydrolysis) is 1. The number of hydrogen-bond donors (Lipinski definition) is 2. The van der Waals surface area contributed by atoms with Crippen molar-refractivity contribution >= 4 is 23.8 Å². The van der Waals surface area contributed by atoms with Crippen LogP contribution in [0.2, 0.25) is 0 Å². The van der Waals surface area contributed by atoms with E-state index in [9.17, 15) is 9.59 Å². The molecule has 0 fully saturated rings. The van der Waals surface area contributed by atoms with Crippen molar-refractivity contribution in [3.05, 3.63) is 71.8 Å². The maximum Gasteiger partial charge on any atom is 0.407 e. The van der Waals surface area contributed by atoms with Gasteiger partial charge >= 0.3 is 6.09 Å². The molecule has 5 nitrogen and oxygen atoms in total. The molecule has 26 heavy (non-hydrogen) atoms. The smallest absolute Gasteiger partial charge is 0.407 e. The third-order valence-electron chi connectivity index (χ3n) is 3.51. The summed E-state index contributed by atoms with van der Waals surface area (Å²) in [5.74, 6) is 1.72. The second-order valence-electron chi connectivity index (χ2n) is 5.63. The predicted octanol–water partition coefficient (Wildman–Crippen LogP) is 3.35. The fraction of sp³-hybridized carbons (Fsp3) is 0.300. The number of ether oxygens (including phenoxy) is 1. The molecule has 0 aliphatic heterocycles. The molecule has 0 atom stereocenters. The SMILES string of the molecule is O=C(CCNC(=O)OCc1ccccc1)NCCSCc1ccccc1. The van der Waals surface area contributed by atoms with Gasteiger partial charge in [-0.25, -0.2) is 4.79 Å². The van der Waals surface area contributed by atoms with Gasteiger partial charge in [0.15, 0.2) is 0 Å². The first-order valence-electron chi connectivity index (χ1n) is 8.57. The largest absolute Gasteiger partial charge is 0.445 e. The molecule has 2 aromatic carbocycles. The number of benzene rings is 2. The third kappa shape index (κ3) is 8.58. The van der Waals surface area contributed by atoms with Gasteiger partial charge in [0.1, 0.15) is 6.61 Å². The molecule has 0 saturated carbocycles. The molecule has 2 amide bonds. The zero-order valence-electron chi connectivity index (χ0n) is 14.6. The van der Waals surface area contributed by atoms with Crippen LogP contribution in [0.15, 0.2) is 60.7 Å². The number of amides is 2. The molecule has 0 spiro atoms. The zero-order chi connectivity index (χ0) is 18.5. The van der Waals surface area contributed by atoms with E-state index in [1.807, 2.05) is 48.5 Å². The molecule has 0 radical (unpaired) electrons. The predicted molar refractivity (Wildman–Crippen MR) is 105 cm³/mol. The lowest BCUT2D eigenvalue weighted by Gasteiger charge is -2.08. The average molecular weight is 372 g/mol. The van der Waals surface area contributed by atoms with E-state index in [1.54, 1.807) is 11.8 Å². The van der Waals surface area contributed by atoms with Crippen LogP contribution in [-0.4, -0.2) is 30.8 Å². The number of rotatable bonds is 10. The van der Waals surface area contributed by atoms with Crippen LogP contribution in [0, 0.1) is 0 Å². The fourth-order valence-corrected chi connectivity index (χ4v) is 2.99. The standard InChI is InChI=1S/C20H24N2O3S/c23-19(21-13-14-26-16-18-9-5-2-6-10-18)11-12-22-20(24)25-15-17-7-3-1-4-8-17/h1-10H,11-16H2,(H,21,23)(H,22,24). The first-order valence-corrected chi connectivity index (χ1v) is 9.72. The van der Waals surface area contributed by atoms with Crippen LogP contribution in [0.1, 0.15) is 17.5 Å². The van der Waals surface area contributed by atoms with Crippen molar-refractivity contribution in [3.8, 4) is 0 Å². The molecule has 0 heterocycles. The summed E-state index contributed by atoms with van der Waals surface area (Å²) in [5, 5.41) is 5.43. The molecule has 0 aromatic heterocycles. The highest BCUT2D eigenvalue weighted by molar-refractivity contribution is 7.98. The van der Waals surface area contributed by atoms with Gasteiger partial charge in [-0.1, -0.05) is 60.7 Å². The topological polar surface area (TPSA) is 67.4 Å². The minimum Gasteiger partial charge on any atom is -0.445 e. The number of carbonyl (C=O) groups is 2. The maximum absolute atomic E-state index is 11.7. The molecule has 2 rings (SSSR count). The van der Waals surface area contributed by atoms with Gasteiger partial charge in [-0.2, -0.15) is 11.8 Å². The van der Waals surface area contributed by atoms with Crippen molar-refractivity contribution in [2.45, 2.75) is 18.8 Å². The molecular formula is C20H24N2O3S. The summed E-state index contributed by atoms with van der Waals surface area (Å²) in [6.45, 7) is 1.10. The van der Waals surface area contributed by atoms with Crippen molar-refractivity contribution in [2.24, 2.45) is 0 Å². The van der Waals surface area contributed by atoms with E-state index < -0.39 is 6.09 Å². The van der Waals surface area contributed by atoms with E-state index in [0.717, 1.165) is 17.1 Å². The van der Waals surface area contributed by atoms with Gasteiger partial charge in [0, 0.05) is 31.0 Å². The number of nitrogens with one attached hydrogen (secondary N) is 2. The van der Waals surface area contributed by atoms with Crippen LogP contribution in [0.4, 0.5) is 4.79 Å². The highest BCUT2D eigenvalue weighted by Gasteiger charge is 2.05. The van der Waals surface area contributed by atoms with E-state index in [1.165, 1.54) is 5.56 Å². The Morgan fingerprint density at radius 1 is 0.846 bits per heavy atom. The van der Waals surface area contributed by atoms with Gasteiger partial charge in [0.05, 0.1) is 0 Å². The number of carbonyl (C=O) groups excluding carboxylic acids is 2. The Balaban J connectivity index is 1.46. The monoisotopic (exact) mass is 372 g/mol. The van der Waals surface area contributed by atoms with Crippen LogP contribution in [0.5, 0.6) is 0 Å². The lowest BCUT2D eigenvalue weighted by atomic mass is 10.2. The van der Waals surface area contributed by atoms with Crippen LogP contribution in [0.3, 0.4) is 0 Å². The first-order chi connectivity index (χ1) is 12.7. The molecule has 0 bridgehead atoms. The zero-order valence-corrected chi connectivity index (χ0v) is 15.5. The Labute approximate surface area is 158 Å². The second-order valence-corrected chi connectivity index (χ2v) is 6.73. The van der Waals surface area contributed by atoms with E-state index in [2.05, 4.69) is 22.8 Å². The van der Waals surface area contributed by atoms with Gasteiger partial charge in [0.25, 0.3) is 0 Å². The summed E-state index contributed by atoms with van der Waals surface area (Å²) in [7, 11) is 0. The number of hydrogen-bond acceptors (Lipinski definition) is 4. The lowest BCUT2D eigenvalue weighted by molar-refractivity contribution is -0.120. The van der Waals surface area contributed by atoms with Crippen molar-refractivity contribution in [3.63, 3.8) is 0 Å². The summed E-state index contributed by atoms with van der Waals surface area (Å²) >= 11 is 1.78. The third-order valence-corrected chi connectivity index (χ3v) is 4.54. The Bertz CT molecular complexity index is 665. The fourth-order valence-electron chi connectivity index (χ4n) is 2.17. The van der Waals surface area contributed by atoms with Gasteiger partial charge in [-0.05, 0) is 11.1 Å². The number of thioether (sulfide) groups is 1. The summed E-state index contributed by atoms with van der Waals surface area (Å²) in [6, 6.07) is 19.7. The van der Waals surface area contributed by atoms with E-state index in [4.69, 9.17) is 4.74 Å². The van der Waals surface area contributed by atoms with E-state index >= 15 is 0 Å². The lowest BCUT2D eigenvalue weighted by Crippen LogP contribution is -2.32. The maximum atomic E-state index is 11.7. The second kappa shape index (κ2) is 12.0. The van der Waals surface area contributed by atoms with Crippen molar-refractivity contribution < 1.29 is 14.3 Å². The molecule has 2 N–H and O–H groups in total. The van der Waals surface area contributed by atoms with Crippen LogP contribution in [-0.2, 0) is 21.9 Å². The molecule has 0 aliphatic carbocycles. The summed E-state index contributed by atoms with van der Waals surface area (Å²) < 4.78 is 5.08. The van der Waals surface area contributed by atoms with E-state index in [0.29, 0.717) is 6.54 Å². The van der Waals surface area contributed by atoms with E-state index in [-0.39, 0.29) is 25.5 Å². The van der Waals surface area contributed by atoms with Crippen LogP contribution < -0.4 is 10.6 Å². The van der Waals surface area contributed by atoms with Gasteiger partial charge in [-0.15, -0.1) is 0 Å². The Kier molecular flexibility index (Phi) is 9.14. The minimum atomic E-state index is -0.514. The molecule has 0 aliphatic rings. The molecule has 0 unspecified atom stereocenters. The van der Waals surface area contributed by atoms with Crippen LogP contribution >= 0.6 is 11.8 Å². The van der Waals surface area contributed by atoms with Crippen LogP contribution in [0.25, 0.3) is 0 Å². The van der Waals surface area contributed by atoms with Gasteiger partial charge < -0.3 is 15.4 Å². The summed E-state index contributed by atoms with van der Waals surface area (Å²) in [4.78, 5) is 23.3. The molecular weight excluding hydrogens is 348 g/mol. The quantitative estimate of drug-likeness (QED) is 0.628.